The van der Waals surface area contributed by atoms with Gasteiger partial charge in [0.2, 0.25) is 16.0 Å². The van der Waals surface area contributed by atoms with Gasteiger partial charge in [0.1, 0.15) is 23.1 Å². The molecule has 2 heterocycles. The van der Waals surface area contributed by atoms with Crippen LogP contribution in [0, 0.1) is 17.5 Å². The van der Waals surface area contributed by atoms with E-state index in [1.807, 2.05) is 0 Å². The van der Waals surface area contributed by atoms with Gasteiger partial charge >= 0.3 is 0 Å². The van der Waals surface area contributed by atoms with Gasteiger partial charge in [0, 0.05) is 29.7 Å². The molecule has 13 heteroatoms. The second-order valence-corrected chi connectivity index (χ2v) is 13.4. The van der Waals surface area contributed by atoms with Gasteiger partial charge in [-0.3, -0.25) is 14.1 Å². The number of aromatic nitrogens is 3. The first-order valence-corrected chi connectivity index (χ1v) is 16.1. The lowest BCUT2D eigenvalue weighted by Crippen LogP contribution is -2.36. The molecule has 1 aliphatic carbocycles. The van der Waals surface area contributed by atoms with Crippen LogP contribution < -0.4 is 15.6 Å². The molecule has 2 aromatic carbocycles. The molecule has 0 amide bonds. The van der Waals surface area contributed by atoms with Crippen molar-refractivity contribution in [1.82, 2.24) is 19.4 Å². The van der Waals surface area contributed by atoms with E-state index in [9.17, 15) is 17.6 Å². The molecule has 5 rings (SSSR count). The highest BCUT2D eigenvalue weighted by atomic mass is 32.2. The van der Waals surface area contributed by atoms with Gasteiger partial charge in [-0.05, 0) is 89.5 Å². The van der Waals surface area contributed by atoms with Crippen molar-refractivity contribution in [3.8, 4) is 11.1 Å². The number of anilines is 2. The number of benzene rings is 2. The molecular formula is C31H35F3N6O3S. The maximum Gasteiger partial charge on any atom is 0.260 e. The molecule has 1 saturated carbocycles. The third-order valence-electron chi connectivity index (χ3n) is 7.90. The molecular weight excluding hydrogens is 593 g/mol. The second kappa shape index (κ2) is 12.6. The van der Waals surface area contributed by atoms with Crippen LogP contribution in [0.5, 0.6) is 0 Å². The van der Waals surface area contributed by atoms with Crippen LogP contribution in [0.2, 0.25) is 0 Å². The highest BCUT2D eigenvalue weighted by molar-refractivity contribution is 7.91. The molecule has 0 bridgehead atoms. The zero-order chi connectivity index (χ0) is 31.8. The normalized spacial score (nSPS) is 17.4. The van der Waals surface area contributed by atoms with Crippen LogP contribution in [0.4, 0.5) is 24.8 Å². The highest BCUT2D eigenvalue weighted by Gasteiger charge is 2.25. The first-order chi connectivity index (χ1) is 20.8. The van der Waals surface area contributed by atoms with Crippen molar-refractivity contribution in [3.05, 3.63) is 82.0 Å². The Labute approximate surface area is 254 Å². The minimum atomic E-state index is -4.08. The number of nitrogens with one attached hydrogen (secondary N) is 2. The van der Waals surface area contributed by atoms with Gasteiger partial charge < -0.3 is 10.2 Å². The Balaban J connectivity index is 1.44. The van der Waals surface area contributed by atoms with E-state index in [-0.39, 0.29) is 17.3 Å². The van der Waals surface area contributed by atoms with E-state index in [4.69, 9.17) is 0 Å². The predicted molar refractivity (Wildman–Crippen MR) is 166 cm³/mol. The number of hydrogen-bond acceptors (Lipinski definition) is 7. The lowest BCUT2D eigenvalue weighted by atomic mass is 9.91. The Kier molecular flexibility index (Phi) is 8.98. The maximum absolute atomic E-state index is 15.4. The van der Waals surface area contributed by atoms with Crippen molar-refractivity contribution in [2.45, 2.75) is 63.4 Å². The Bertz CT molecular complexity index is 1810. The summed E-state index contributed by atoms with van der Waals surface area (Å²) in [6, 6.07) is 8.15. The summed E-state index contributed by atoms with van der Waals surface area (Å²) in [4.78, 5) is 25.0. The molecule has 0 unspecified atom stereocenters. The summed E-state index contributed by atoms with van der Waals surface area (Å²) < 4.78 is 72.8. The van der Waals surface area contributed by atoms with Crippen LogP contribution in [0.25, 0.3) is 22.2 Å². The van der Waals surface area contributed by atoms with E-state index < -0.39 is 50.4 Å². The number of hydrogen-bond donors (Lipinski definition) is 2. The van der Waals surface area contributed by atoms with Crippen LogP contribution in [0.1, 0.15) is 51.1 Å². The molecule has 1 fully saturated rings. The summed E-state index contributed by atoms with van der Waals surface area (Å²) in [5.74, 6) is -2.92. The van der Waals surface area contributed by atoms with E-state index in [1.54, 1.807) is 13.8 Å². The fourth-order valence-corrected chi connectivity index (χ4v) is 6.85. The monoisotopic (exact) mass is 628 g/mol. The van der Waals surface area contributed by atoms with E-state index in [2.05, 4.69) is 39.0 Å². The molecule has 44 heavy (non-hydrogen) atoms. The summed E-state index contributed by atoms with van der Waals surface area (Å²) >= 11 is 0. The van der Waals surface area contributed by atoms with Crippen molar-refractivity contribution in [2.75, 3.05) is 24.1 Å². The average molecular weight is 629 g/mol. The predicted octanol–water partition coefficient (Wildman–Crippen LogP) is 5.68. The van der Waals surface area contributed by atoms with Gasteiger partial charge in [-0.25, -0.2) is 26.6 Å². The second-order valence-electron chi connectivity index (χ2n) is 11.7. The van der Waals surface area contributed by atoms with Crippen LogP contribution in [-0.4, -0.2) is 54.0 Å². The fourth-order valence-electron chi connectivity index (χ4n) is 5.67. The van der Waals surface area contributed by atoms with Gasteiger partial charge in [-0.2, -0.15) is 4.98 Å². The summed E-state index contributed by atoms with van der Waals surface area (Å²) in [5, 5.41) is 3.79. The lowest BCUT2D eigenvalue weighted by Gasteiger charge is -2.33. The molecule has 2 N–H and O–H groups in total. The largest absolute Gasteiger partial charge is 0.351 e. The van der Waals surface area contributed by atoms with Crippen LogP contribution in [0.3, 0.4) is 0 Å². The minimum Gasteiger partial charge on any atom is -0.351 e. The fraction of sp³-hybridized carbons (Fsp3) is 0.387. The first kappa shape index (κ1) is 31.5. The van der Waals surface area contributed by atoms with Crippen molar-refractivity contribution >= 4 is 32.7 Å². The third kappa shape index (κ3) is 6.88. The summed E-state index contributed by atoms with van der Waals surface area (Å²) in [6.45, 7) is 3.54. The Morgan fingerprint density at radius 1 is 1.00 bits per heavy atom. The number of rotatable bonds is 9. The number of nitrogens with zero attached hydrogens (tertiary/aromatic N) is 4. The van der Waals surface area contributed by atoms with Crippen molar-refractivity contribution < 1.29 is 21.6 Å². The molecule has 234 valence electrons. The SMILES string of the molecule is CC(C)n1c(=O)c(-c2c(F)cc(NS(=O)(=O)Cc3ccc(F)cc3)cc2F)cc2cnc(NC3CCC(N(C)C)CC3)nc21. The van der Waals surface area contributed by atoms with Crippen molar-refractivity contribution in [2.24, 2.45) is 0 Å². The van der Waals surface area contributed by atoms with Crippen molar-refractivity contribution in [3.63, 3.8) is 0 Å². The molecule has 1 aliphatic rings. The standard InChI is InChI=1S/C31H35F3N6O3S/c1-18(2)40-29-20(16-35-31(37-29)36-22-9-11-24(12-10-22)39(3)4)13-25(30(40)41)28-26(33)14-23(15-27(28)34)38-44(42,43)17-19-5-7-21(32)8-6-19/h5-8,13-16,18,22,24,38H,9-12,17H2,1-4H3,(H,35,36,37). The van der Waals surface area contributed by atoms with E-state index >= 15 is 8.78 Å². The quantitative estimate of drug-likeness (QED) is 0.245. The van der Waals surface area contributed by atoms with E-state index in [1.165, 1.54) is 29.0 Å². The molecule has 2 aromatic heterocycles. The Hall–Kier alpha value is -3.97. The first-order valence-electron chi connectivity index (χ1n) is 14.4. The van der Waals surface area contributed by atoms with Gasteiger partial charge in [-0.15, -0.1) is 0 Å². The summed E-state index contributed by atoms with van der Waals surface area (Å²) in [7, 11) is 0.0741. The number of fused-ring (bicyclic) bond motifs is 1. The lowest BCUT2D eigenvalue weighted by molar-refractivity contribution is 0.221. The Morgan fingerprint density at radius 3 is 2.23 bits per heavy atom. The van der Waals surface area contributed by atoms with E-state index in [0.717, 1.165) is 49.9 Å². The molecule has 0 radical (unpaired) electrons. The minimum absolute atomic E-state index is 0.192. The molecule has 0 aliphatic heterocycles. The maximum atomic E-state index is 15.4. The highest BCUT2D eigenvalue weighted by Crippen LogP contribution is 2.31. The van der Waals surface area contributed by atoms with Crippen LogP contribution in [0.15, 0.2) is 53.5 Å². The van der Waals surface area contributed by atoms with Crippen molar-refractivity contribution in [1.29, 1.82) is 0 Å². The van der Waals surface area contributed by atoms with Crippen LogP contribution in [-0.2, 0) is 15.8 Å². The zero-order valence-corrected chi connectivity index (χ0v) is 25.8. The van der Waals surface area contributed by atoms with E-state index in [0.29, 0.717) is 28.6 Å². The van der Waals surface area contributed by atoms with Crippen LogP contribution >= 0.6 is 0 Å². The Morgan fingerprint density at radius 2 is 1.64 bits per heavy atom. The topological polar surface area (TPSA) is 109 Å². The molecule has 0 spiro atoms. The van der Waals surface area contributed by atoms with Gasteiger partial charge in [0.25, 0.3) is 5.56 Å². The zero-order valence-electron chi connectivity index (χ0n) is 24.9. The molecule has 0 atom stereocenters. The van der Waals surface area contributed by atoms with Gasteiger partial charge in [-0.1, -0.05) is 12.1 Å². The average Bonchev–Trinajstić information content (AvgIpc) is 2.94. The third-order valence-corrected chi connectivity index (χ3v) is 9.16. The summed E-state index contributed by atoms with van der Waals surface area (Å²) in [6.07, 6.45) is 5.52. The van der Waals surface area contributed by atoms with Gasteiger partial charge in [0.05, 0.1) is 22.6 Å². The molecule has 0 saturated heterocycles. The smallest absolute Gasteiger partial charge is 0.260 e. The molecule has 4 aromatic rings. The molecule has 9 nitrogen and oxygen atoms in total. The summed E-state index contributed by atoms with van der Waals surface area (Å²) in [5.41, 5.74) is -1.21. The van der Waals surface area contributed by atoms with Gasteiger partial charge in [0.15, 0.2) is 0 Å². The number of sulfonamides is 1. The number of halogens is 3. The number of pyridine rings is 1.